The summed E-state index contributed by atoms with van der Waals surface area (Å²) in [4.78, 5) is 22.4. The number of carbonyl (C=O) groups is 1. The molecular formula is C18H20N2O5. The van der Waals surface area contributed by atoms with E-state index in [1.54, 1.807) is 13.0 Å². The molecule has 0 aliphatic carbocycles. The van der Waals surface area contributed by atoms with Crippen molar-refractivity contribution in [2.24, 2.45) is 5.73 Å². The van der Waals surface area contributed by atoms with Gasteiger partial charge in [0.15, 0.2) is 5.75 Å². The van der Waals surface area contributed by atoms with E-state index in [-0.39, 0.29) is 31.1 Å². The first-order valence-corrected chi connectivity index (χ1v) is 7.87. The fourth-order valence-corrected chi connectivity index (χ4v) is 2.28. The number of hydrogen-bond donors (Lipinski definition) is 1. The van der Waals surface area contributed by atoms with E-state index < -0.39 is 16.9 Å². The first-order valence-electron chi connectivity index (χ1n) is 7.87. The molecule has 0 saturated carbocycles. The van der Waals surface area contributed by atoms with Crippen LogP contribution in [0.25, 0.3) is 0 Å². The largest absolute Gasteiger partial charge is 0.482 e. The van der Waals surface area contributed by atoms with E-state index in [9.17, 15) is 14.9 Å². The van der Waals surface area contributed by atoms with E-state index in [0.29, 0.717) is 5.56 Å². The Morgan fingerprint density at radius 3 is 2.56 bits per heavy atom. The van der Waals surface area contributed by atoms with Gasteiger partial charge in [-0.15, -0.1) is 0 Å². The number of ether oxygens (including phenoxy) is 2. The Balaban J connectivity index is 2.11. The van der Waals surface area contributed by atoms with Gasteiger partial charge in [0, 0.05) is 6.07 Å². The van der Waals surface area contributed by atoms with Gasteiger partial charge in [-0.25, -0.2) is 0 Å². The average Bonchev–Trinajstić information content (AvgIpc) is 2.61. The number of nitro groups is 1. The summed E-state index contributed by atoms with van der Waals surface area (Å²) < 4.78 is 10.4. The molecule has 0 aromatic heterocycles. The fraction of sp³-hybridized carbons (Fsp3) is 0.278. The number of hydrogen-bond acceptors (Lipinski definition) is 6. The molecule has 132 valence electrons. The molecule has 2 N–H and O–H groups in total. The fourth-order valence-electron chi connectivity index (χ4n) is 2.28. The minimum absolute atomic E-state index is 0.151. The molecule has 0 fully saturated rings. The van der Waals surface area contributed by atoms with Crippen molar-refractivity contribution < 1.29 is 19.2 Å². The van der Waals surface area contributed by atoms with Crippen molar-refractivity contribution >= 4 is 11.7 Å². The van der Waals surface area contributed by atoms with Crippen molar-refractivity contribution in [2.45, 2.75) is 26.0 Å². The molecule has 0 radical (unpaired) electrons. The average molecular weight is 344 g/mol. The topological polar surface area (TPSA) is 105 Å². The monoisotopic (exact) mass is 344 g/mol. The molecule has 0 heterocycles. The Bertz CT molecular complexity index is 734. The second-order valence-electron chi connectivity index (χ2n) is 5.40. The normalized spacial score (nSPS) is 11.6. The van der Waals surface area contributed by atoms with E-state index in [0.717, 1.165) is 5.56 Å². The number of nitrogens with two attached hydrogens (primary N) is 1. The molecule has 1 atom stereocenters. The van der Waals surface area contributed by atoms with E-state index in [1.807, 2.05) is 30.3 Å². The lowest BCUT2D eigenvalue weighted by molar-refractivity contribution is -0.386. The Hall–Kier alpha value is -2.93. The predicted molar refractivity (Wildman–Crippen MR) is 92.2 cm³/mol. The zero-order chi connectivity index (χ0) is 18.2. The number of carbonyl (C=O) groups excluding carboxylic acids is 1. The molecule has 2 aromatic rings. The number of nitro benzene ring substituents is 1. The van der Waals surface area contributed by atoms with Crippen molar-refractivity contribution in [3.8, 4) is 5.75 Å². The first kappa shape index (κ1) is 18.4. The molecule has 0 aliphatic heterocycles. The summed E-state index contributed by atoms with van der Waals surface area (Å²) in [7, 11) is 0. The predicted octanol–water partition coefficient (Wildman–Crippen LogP) is 2.61. The Labute approximate surface area is 145 Å². The molecule has 0 spiro atoms. The van der Waals surface area contributed by atoms with Gasteiger partial charge in [-0.2, -0.15) is 0 Å². The molecule has 0 amide bonds. The van der Waals surface area contributed by atoms with Crippen LogP contribution in [0.3, 0.4) is 0 Å². The maximum Gasteiger partial charge on any atom is 0.323 e. The summed E-state index contributed by atoms with van der Waals surface area (Å²) in [6.07, 6.45) is 0.151. The number of benzene rings is 2. The summed E-state index contributed by atoms with van der Waals surface area (Å²) in [5.74, 6) is -0.364. The number of rotatable bonds is 8. The van der Waals surface area contributed by atoms with Gasteiger partial charge < -0.3 is 15.2 Å². The van der Waals surface area contributed by atoms with Crippen LogP contribution < -0.4 is 10.5 Å². The third-order valence-electron chi connectivity index (χ3n) is 3.50. The minimum Gasteiger partial charge on any atom is -0.482 e. The maximum absolute atomic E-state index is 11.6. The highest BCUT2D eigenvalue weighted by Gasteiger charge is 2.20. The van der Waals surface area contributed by atoms with Crippen LogP contribution in [0.15, 0.2) is 48.5 Å². The summed E-state index contributed by atoms with van der Waals surface area (Å²) in [5, 5.41) is 11.3. The quantitative estimate of drug-likeness (QED) is 0.448. The zero-order valence-corrected chi connectivity index (χ0v) is 13.9. The summed E-state index contributed by atoms with van der Waals surface area (Å²) in [6.45, 7) is 2.15. The van der Waals surface area contributed by atoms with Crippen molar-refractivity contribution in [2.75, 3.05) is 6.61 Å². The molecule has 1 unspecified atom stereocenters. The van der Waals surface area contributed by atoms with Gasteiger partial charge in [0.2, 0.25) is 0 Å². The smallest absolute Gasteiger partial charge is 0.323 e. The molecule has 2 rings (SSSR count). The molecule has 7 heteroatoms. The van der Waals surface area contributed by atoms with E-state index in [2.05, 4.69) is 0 Å². The highest BCUT2D eigenvalue weighted by Crippen LogP contribution is 2.29. The Morgan fingerprint density at radius 2 is 1.92 bits per heavy atom. The van der Waals surface area contributed by atoms with Crippen molar-refractivity contribution in [3.63, 3.8) is 0 Å². The summed E-state index contributed by atoms with van der Waals surface area (Å²) in [6, 6.07) is 13.1. The lowest BCUT2D eigenvalue weighted by Crippen LogP contribution is -2.34. The van der Waals surface area contributed by atoms with E-state index in [4.69, 9.17) is 15.2 Å². The molecular weight excluding hydrogens is 324 g/mol. The lowest BCUT2D eigenvalue weighted by Gasteiger charge is -2.12. The summed E-state index contributed by atoms with van der Waals surface area (Å²) >= 11 is 0. The van der Waals surface area contributed by atoms with Crippen molar-refractivity contribution in [3.05, 3.63) is 69.8 Å². The van der Waals surface area contributed by atoms with Crippen LogP contribution in [0.2, 0.25) is 0 Å². The number of nitrogens with zero attached hydrogens (tertiary/aromatic N) is 1. The molecule has 25 heavy (non-hydrogen) atoms. The lowest BCUT2D eigenvalue weighted by atomic mass is 10.1. The van der Waals surface area contributed by atoms with Gasteiger partial charge in [0.05, 0.1) is 11.5 Å². The third kappa shape index (κ3) is 5.29. The molecule has 0 bridgehead atoms. The van der Waals surface area contributed by atoms with Crippen LogP contribution in [-0.2, 0) is 22.6 Å². The van der Waals surface area contributed by atoms with Crippen LogP contribution in [0.4, 0.5) is 5.69 Å². The van der Waals surface area contributed by atoms with Gasteiger partial charge >= 0.3 is 11.7 Å². The van der Waals surface area contributed by atoms with E-state index >= 15 is 0 Å². The first-order chi connectivity index (χ1) is 12.0. The molecule has 7 nitrogen and oxygen atoms in total. The van der Waals surface area contributed by atoms with Crippen molar-refractivity contribution in [1.29, 1.82) is 0 Å². The van der Waals surface area contributed by atoms with Gasteiger partial charge in [-0.3, -0.25) is 14.9 Å². The van der Waals surface area contributed by atoms with E-state index in [1.165, 1.54) is 12.1 Å². The van der Waals surface area contributed by atoms with Crippen molar-refractivity contribution in [1.82, 2.24) is 0 Å². The molecule has 0 saturated heterocycles. The number of esters is 1. The highest BCUT2D eigenvalue weighted by molar-refractivity contribution is 5.76. The SMILES string of the molecule is CCOC(=O)C(N)Cc1ccc(OCc2ccccc2)c([N+](=O)[O-])c1. The van der Waals surface area contributed by atoms with Crippen LogP contribution in [0.5, 0.6) is 5.75 Å². The second-order valence-corrected chi connectivity index (χ2v) is 5.40. The Kier molecular flexibility index (Phi) is 6.47. The third-order valence-corrected chi connectivity index (χ3v) is 3.50. The van der Waals surface area contributed by atoms with Gasteiger partial charge in [0.25, 0.3) is 0 Å². The zero-order valence-electron chi connectivity index (χ0n) is 13.9. The van der Waals surface area contributed by atoms with Crippen LogP contribution in [0, 0.1) is 10.1 Å². The molecule has 2 aromatic carbocycles. The van der Waals surface area contributed by atoms with Crippen LogP contribution >= 0.6 is 0 Å². The minimum atomic E-state index is -0.865. The second kappa shape index (κ2) is 8.79. The van der Waals surface area contributed by atoms with Gasteiger partial charge in [-0.05, 0) is 30.5 Å². The highest BCUT2D eigenvalue weighted by atomic mass is 16.6. The maximum atomic E-state index is 11.6. The molecule has 0 aliphatic rings. The standard InChI is InChI=1S/C18H20N2O5/c1-2-24-18(21)15(19)10-14-8-9-17(16(11-14)20(22)23)25-12-13-6-4-3-5-7-13/h3-9,11,15H,2,10,12,19H2,1H3. The van der Waals surface area contributed by atoms with Gasteiger partial charge in [0.1, 0.15) is 12.6 Å². The van der Waals surface area contributed by atoms with Crippen LogP contribution in [-0.4, -0.2) is 23.5 Å². The van der Waals surface area contributed by atoms with Crippen LogP contribution in [0.1, 0.15) is 18.1 Å². The van der Waals surface area contributed by atoms with Gasteiger partial charge in [-0.1, -0.05) is 36.4 Å². The summed E-state index contributed by atoms with van der Waals surface area (Å²) in [5.41, 5.74) is 7.07. The Morgan fingerprint density at radius 1 is 1.20 bits per heavy atom.